The van der Waals surface area contributed by atoms with Crippen LogP contribution in [0.5, 0.6) is 0 Å². The molecule has 1 aliphatic rings. The summed E-state index contributed by atoms with van der Waals surface area (Å²) in [6.07, 6.45) is 1.66. The highest BCUT2D eigenvalue weighted by Gasteiger charge is 2.26. The molecule has 1 fully saturated rings. The summed E-state index contributed by atoms with van der Waals surface area (Å²) in [5, 5.41) is 11.0. The number of carbonyl (C=O) groups is 1. The maximum absolute atomic E-state index is 11.2. The lowest BCUT2D eigenvalue weighted by Crippen LogP contribution is -2.38. The van der Waals surface area contributed by atoms with Crippen LogP contribution >= 0.6 is 11.6 Å². The molecule has 1 aromatic heterocycles. The van der Waals surface area contributed by atoms with Gasteiger partial charge in [-0.05, 0) is 37.9 Å². The number of pyridine rings is 1. The molecular formula is C17H19ClN2O2. The van der Waals surface area contributed by atoms with E-state index in [2.05, 4.69) is 9.88 Å². The number of fused-ring (bicyclic) bond motifs is 1. The molecule has 1 aliphatic heterocycles. The molecule has 1 saturated heterocycles. The first-order valence-corrected chi connectivity index (χ1v) is 7.93. The molecule has 4 nitrogen and oxygen atoms in total. The van der Waals surface area contributed by atoms with E-state index in [0.717, 1.165) is 41.5 Å². The largest absolute Gasteiger partial charge is 0.481 e. The quantitative estimate of drug-likeness (QED) is 0.941. The zero-order valence-electron chi connectivity index (χ0n) is 12.6. The molecule has 1 aromatic carbocycles. The van der Waals surface area contributed by atoms with Crippen LogP contribution in [-0.2, 0) is 11.3 Å². The smallest absolute Gasteiger partial charge is 0.307 e. The number of hydrogen-bond acceptors (Lipinski definition) is 3. The number of aliphatic carboxylic acids is 1. The van der Waals surface area contributed by atoms with Crippen LogP contribution < -0.4 is 0 Å². The Morgan fingerprint density at radius 3 is 3.00 bits per heavy atom. The summed E-state index contributed by atoms with van der Waals surface area (Å²) < 4.78 is 0. The molecule has 1 atom stereocenters. The number of nitrogens with zero attached hydrogens (tertiary/aromatic N) is 2. The van der Waals surface area contributed by atoms with Crippen molar-refractivity contribution in [2.45, 2.75) is 26.3 Å². The van der Waals surface area contributed by atoms with Crippen molar-refractivity contribution >= 4 is 28.5 Å². The maximum Gasteiger partial charge on any atom is 0.307 e. The van der Waals surface area contributed by atoms with Crippen LogP contribution in [0, 0.1) is 12.8 Å². The molecule has 116 valence electrons. The van der Waals surface area contributed by atoms with Gasteiger partial charge in [-0.1, -0.05) is 29.8 Å². The Morgan fingerprint density at radius 2 is 2.23 bits per heavy atom. The van der Waals surface area contributed by atoms with E-state index >= 15 is 0 Å². The van der Waals surface area contributed by atoms with Gasteiger partial charge in [0.15, 0.2) is 0 Å². The van der Waals surface area contributed by atoms with Crippen molar-refractivity contribution in [1.29, 1.82) is 0 Å². The summed E-state index contributed by atoms with van der Waals surface area (Å²) >= 11 is 6.48. The van der Waals surface area contributed by atoms with Gasteiger partial charge in [0.1, 0.15) is 0 Å². The van der Waals surface area contributed by atoms with Gasteiger partial charge in [-0.15, -0.1) is 0 Å². The van der Waals surface area contributed by atoms with Crippen LogP contribution in [0.25, 0.3) is 10.9 Å². The number of para-hydroxylation sites is 1. The summed E-state index contributed by atoms with van der Waals surface area (Å²) in [6, 6.07) is 7.95. The molecule has 22 heavy (non-hydrogen) atoms. The third-order valence-corrected chi connectivity index (χ3v) is 4.88. The van der Waals surface area contributed by atoms with Crippen molar-refractivity contribution in [3.63, 3.8) is 0 Å². The van der Waals surface area contributed by atoms with Gasteiger partial charge >= 0.3 is 5.97 Å². The van der Waals surface area contributed by atoms with Gasteiger partial charge in [0, 0.05) is 18.5 Å². The molecule has 1 N–H and O–H groups in total. The lowest BCUT2D eigenvalue weighted by atomic mass is 9.98. The zero-order chi connectivity index (χ0) is 15.7. The molecule has 5 heteroatoms. The van der Waals surface area contributed by atoms with Crippen molar-refractivity contribution in [1.82, 2.24) is 9.88 Å². The predicted octanol–water partition coefficient (Wildman–Crippen LogP) is 3.49. The van der Waals surface area contributed by atoms with Crippen LogP contribution in [0.4, 0.5) is 0 Å². The van der Waals surface area contributed by atoms with E-state index < -0.39 is 5.97 Å². The SMILES string of the molecule is Cc1c(Cl)c(CN2CCC[C@@H](C(=O)O)C2)nc2ccccc12. The topological polar surface area (TPSA) is 53.4 Å². The first-order valence-electron chi connectivity index (χ1n) is 7.55. The Hall–Kier alpha value is -1.65. The second-order valence-corrected chi connectivity index (χ2v) is 6.31. The summed E-state index contributed by atoms with van der Waals surface area (Å²) in [7, 11) is 0. The Balaban J connectivity index is 1.87. The average Bonchev–Trinajstić information content (AvgIpc) is 2.52. The molecule has 0 aliphatic carbocycles. The molecule has 3 rings (SSSR count). The average molecular weight is 319 g/mol. The van der Waals surface area contributed by atoms with E-state index in [0.29, 0.717) is 18.1 Å². The number of benzene rings is 1. The van der Waals surface area contributed by atoms with Crippen molar-refractivity contribution in [2.75, 3.05) is 13.1 Å². The minimum atomic E-state index is -0.710. The van der Waals surface area contributed by atoms with Crippen molar-refractivity contribution in [3.8, 4) is 0 Å². The summed E-state index contributed by atoms with van der Waals surface area (Å²) in [4.78, 5) is 18.0. The van der Waals surface area contributed by atoms with E-state index in [9.17, 15) is 9.90 Å². The van der Waals surface area contributed by atoms with E-state index in [1.807, 2.05) is 31.2 Å². The number of halogens is 1. The van der Waals surface area contributed by atoms with Crippen molar-refractivity contribution < 1.29 is 9.90 Å². The fraction of sp³-hybridized carbons (Fsp3) is 0.412. The number of likely N-dealkylation sites (tertiary alicyclic amines) is 1. The number of aromatic nitrogens is 1. The molecule has 2 heterocycles. The van der Waals surface area contributed by atoms with Crippen LogP contribution in [0.2, 0.25) is 5.02 Å². The van der Waals surface area contributed by atoms with Gasteiger partial charge in [-0.3, -0.25) is 9.69 Å². The standard InChI is InChI=1S/C17H19ClN2O2/c1-11-13-6-2-3-7-14(13)19-15(16(11)18)10-20-8-4-5-12(9-20)17(21)22/h2-3,6-7,12H,4-5,8-10H2,1H3,(H,21,22)/t12-/m1/s1. The van der Waals surface area contributed by atoms with Gasteiger partial charge in [-0.25, -0.2) is 4.98 Å². The van der Waals surface area contributed by atoms with Crippen molar-refractivity contribution in [2.24, 2.45) is 5.92 Å². The Labute approximate surface area is 134 Å². The van der Waals surface area contributed by atoms with Crippen LogP contribution in [0.3, 0.4) is 0 Å². The molecule has 0 saturated carbocycles. The number of aryl methyl sites for hydroxylation is 1. The third-order valence-electron chi connectivity index (χ3n) is 4.37. The Bertz CT molecular complexity index is 717. The van der Waals surface area contributed by atoms with E-state index in [1.54, 1.807) is 0 Å². The fourth-order valence-corrected chi connectivity index (χ4v) is 3.34. The van der Waals surface area contributed by atoms with Gasteiger partial charge < -0.3 is 5.11 Å². The van der Waals surface area contributed by atoms with Crippen molar-refractivity contribution in [3.05, 3.63) is 40.5 Å². The minimum absolute atomic E-state index is 0.283. The Morgan fingerprint density at radius 1 is 1.45 bits per heavy atom. The fourth-order valence-electron chi connectivity index (χ4n) is 3.13. The first-order chi connectivity index (χ1) is 10.6. The molecule has 0 amide bonds. The van der Waals surface area contributed by atoms with Crippen LogP contribution in [0.1, 0.15) is 24.1 Å². The van der Waals surface area contributed by atoms with Crippen LogP contribution in [-0.4, -0.2) is 34.0 Å². The maximum atomic E-state index is 11.2. The molecule has 0 spiro atoms. The molecular weight excluding hydrogens is 300 g/mol. The Kier molecular flexibility index (Phi) is 4.32. The number of piperidine rings is 1. The molecule has 0 unspecified atom stereocenters. The molecule has 2 aromatic rings. The van der Waals surface area contributed by atoms with E-state index in [-0.39, 0.29) is 5.92 Å². The second-order valence-electron chi connectivity index (χ2n) is 5.93. The summed E-state index contributed by atoms with van der Waals surface area (Å²) in [6.45, 7) is 4.08. The number of carboxylic acids is 1. The monoisotopic (exact) mass is 318 g/mol. The number of rotatable bonds is 3. The van der Waals surface area contributed by atoms with E-state index in [1.165, 1.54) is 0 Å². The van der Waals surface area contributed by atoms with E-state index in [4.69, 9.17) is 11.6 Å². The predicted molar refractivity (Wildman–Crippen MR) is 87.1 cm³/mol. The summed E-state index contributed by atoms with van der Waals surface area (Å²) in [5.74, 6) is -0.993. The highest BCUT2D eigenvalue weighted by Crippen LogP contribution is 2.28. The number of carboxylic acid groups (broad SMARTS) is 1. The second kappa shape index (κ2) is 6.23. The van der Waals surface area contributed by atoms with Gasteiger partial charge in [0.2, 0.25) is 0 Å². The van der Waals surface area contributed by atoms with Crippen LogP contribution in [0.15, 0.2) is 24.3 Å². The summed E-state index contributed by atoms with van der Waals surface area (Å²) in [5.41, 5.74) is 2.81. The first kappa shape index (κ1) is 15.3. The number of hydrogen-bond donors (Lipinski definition) is 1. The zero-order valence-corrected chi connectivity index (χ0v) is 13.3. The third kappa shape index (κ3) is 2.94. The van der Waals surface area contributed by atoms with Gasteiger partial charge in [-0.2, -0.15) is 0 Å². The van der Waals surface area contributed by atoms with Gasteiger partial charge in [0.05, 0.1) is 22.2 Å². The molecule has 0 radical (unpaired) electrons. The minimum Gasteiger partial charge on any atom is -0.481 e. The molecule has 0 bridgehead atoms. The lowest BCUT2D eigenvalue weighted by molar-refractivity contribution is -0.143. The highest BCUT2D eigenvalue weighted by molar-refractivity contribution is 6.32. The normalized spacial score (nSPS) is 19.5. The highest BCUT2D eigenvalue weighted by atomic mass is 35.5. The lowest BCUT2D eigenvalue weighted by Gasteiger charge is -2.30. The van der Waals surface area contributed by atoms with Gasteiger partial charge in [0.25, 0.3) is 0 Å².